The molecule has 3 heteroatoms. The molecule has 18 heavy (non-hydrogen) atoms. The van der Waals surface area contributed by atoms with Crippen molar-refractivity contribution in [2.24, 2.45) is 0 Å². The SMILES string of the molecule is CCCN1CCCC(c2ccc(OC)c(F)c2)C1. The molecule has 0 aromatic heterocycles. The van der Waals surface area contributed by atoms with Crippen molar-refractivity contribution in [3.8, 4) is 5.75 Å². The van der Waals surface area contributed by atoms with Gasteiger partial charge in [0.2, 0.25) is 0 Å². The predicted octanol–water partition coefficient (Wildman–Crippen LogP) is 3.42. The number of rotatable bonds is 4. The minimum Gasteiger partial charge on any atom is -0.494 e. The van der Waals surface area contributed by atoms with E-state index in [2.05, 4.69) is 11.8 Å². The van der Waals surface area contributed by atoms with Gasteiger partial charge in [-0.2, -0.15) is 0 Å². The lowest BCUT2D eigenvalue weighted by molar-refractivity contribution is 0.208. The van der Waals surface area contributed by atoms with Gasteiger partial charge in [-0.25, -0.2) is 4.39 Å². The molecule has 0 radical (unpaired) electrons. The second-order valence-electron chi connectivity index (χ2n) is 5.03. The van der Waals surface area contributed by atoms with Crippen LogP contribution in [0.2, 0.25) is 0 Å². The summed E-state index contributed by atoms with van der Waals surface area (Å²) in [5.41, 5.74) is 1.11. The lowest BCUT2D eigenvalue weighted by atomic mass is 9.90. The molecule has 1 atom stereocenters. The molecule has 1 saturated heterocycles. The van der Waals surface area contributed by atoms with E-state index in [1.807, 2.05) is 6.07 Å². The Morgan fingerprint density at radius 3 is 2.94 bits per heavy atom. The van der Waals surface area contributed by atoms with E-state index in [0.29, 0.717) is 11.7 Å². The zero-order valence-corrected chi connectivity index (χ0v) is 11.3. The van der Waals surface area contributed by atoms with Crippen LogP contribution in [0, 0.1) is 5.82 Å². The Labute approximate surface area is 109 Å². The Hall–Kier alpha value is -1.09. The van der Waals surface area contributed by atoms with Crippen LogP contribution in [0.4, 0.5) is 4.39 Å². The van der Waals surface area contributed by atoms with Gasteiger partial charge in [-0.15, -0.1) is 0 Å². The first kappa shape index (κ1) is 13.3. The normalized spacial score (nSPS) is 20.9. The maximum Gasteiger partial charge on any atom is 0.165 e. The van der Waals surface area contributed by atoms with E-state index in [1.165, 1.54) is 26.5 Å². The number of likely N-dealkylation sites (tertiary alicyclic amines) is 1. The standard InChI is InChI=1S/C15H22FNO/c1-3-8-17-9-4-5-13(11-17)12-6-7-15(18-2)14(16)10-12/h6-7,10,13H,3-5,8-9,11H2,1-2H3. The van der Waals surface area contributed by atoms with Crippen molar-refractivity contribution in [1.82, 2.24) is 4.90 Å². The van der Waals surface area contributed by atoms with Crippen molar-refractivity contribution in [3.63, 3.8) is 0 Å². The van der Waals surface area contributed by atoms with Crippen molar-refractivity contribution < 1.29 is 9.13 Å². The average molecular weight is 251 g/mol. The molecule has 1 fully saturated rings. The molecule has 0 bridgehead atoms. The molecule has 1 aromatic carbocycles. The van der Waals surface area contributed by atoms with Gasteiger partial charge in [0, 0.05) is 6.54 Å². The van der Waals surface area contributed by atoms with Crippen molar-refractivity contribution in [1.29, 1.82) is 0 Å². The Balaban J connectivity index is 2.08. The Kier molecular flexibility index (Phi) is 4.59. The largest absolute Gasteiger partial charge is 0.494 e. The molecule has 0 amide bonds. The molecule has 0 spiro atoms. The van der Waals surface area contributed by atoms with Gasteiger partial charge in [0.1, 0.15) is 0 Å². The summed E-state index contributed by atoms with van der Waals surface area (Å²) in [4.78, 5) is 2.48. The van der Waals surface area contributed by atoms with E-state index in [-0.39, 0.29) is 5.82 Å². The van der Waals surface area contributed by atoms with Crippen molar-refractivity contribution in [2.75, 3.05) is 26.7 Å². The van der Waals surface area contributed by atoms with Crippen LogP contribution in [0.1, 0.15) is 37.7 Å². The van der Waals surface area contributed by atoms with Gasteiger partial charge < -0.3 is 9.64 Å². The summed E-state index contributed by atoms with van der Waals surface area (Å²) in [6, 6.07) is 5.38. The van der Waals surface area contributed by atoms with Gasteiger partial charge in [0.15, 0.2) is 11.6 Å². The zero-order chi connectivity index (χ0) is 13.0. The van der Waals surface area contributed by atoms with E-state index in [1.54, 1.807) is 12.1 Å². The lowest BCUT2D eigenvalue weighted by Crippen LogP contribution is -2.34. The summed E-state index contributed by atoms with van der Waals surface area (Å²) >= 11 is 0. The van der Waals surface area contributed by atoms with Crippen LogP contribution in [-0.4, -0.2) is 31.6 Å². The molecular weight excluding hydrogens is 229 g/mol. The summed E-state index contributed by atoms with van der Waals surface area (Å²) in [5, 5.41) is 0. The number of methoxy groups -OCH3 is 1. The van der Waals surface area contributed by atoms with Crippen molar-refractivity contribution >= 4 is 0 Å². The number of benzene rings is 1. The van der Waals surface area contributed by atoms with E-state index in [0.717, 1.165) is 25.1 Å². The maximum absolute atomic E-state index is 13.7. The highest BCUT2D eigenvalue weighted by molar-refractivity contribution is 5.31. The zero-order valence-electron chi connectivity index (χ0n) is 11.3. The summed E-state index contributed by atoms with van der Waals surface area (Å²) in [7, 11) is 1.50. The first-order valence-electron chi connectivity index (χ1n) is 6.80. The fraction of sp³-hybridized carbons (Fsp3) is 0.600. The van der Waals surface area contributed by atoms with Gasteiger partial charge in [-0.3, -0.25) is 0 Å². The highest BCUT2D eigenvalue weighted by Crippen LogP contribution is 2.29. The van der Waals surface area contributed by atoms with Crippen LogP contribution in [0.3, 0.4) is 0 Å². The molecule has 2 rings (SSSR count). The van der Waals surface area contributed by atoms with Gasteiger partial charge in [-0.05, 0) is 56.0 Å². The summed E-state index contributed by atoms with van der Waals surface area (Å²) < 4.78 is 18.7. The van der Waals surface area contributed by atoms with Crippen LogP contribution < -0.4 is 4.74 Å². The molecule has 1 aromatic rings. The maximum atomic E-state index is 13.7. The third-order valence-corrected chi connectivity index (χ3v) is 3.69. The van der Waals surface area contributed by atoms with Gasteiger partial charge in [0.05, 0.1) is 7.11 Å². The Morgan fingerprint density at radius 1 is 1.44 bits per heavy atom. The smallest absolute Gasteiger partial charge is 0.165 e. The summed E-state index contributed by atoms with van der Waals surface area (Å²) in [6.45, 7) is 5.59. The van der Waals surface area contributed by atoms with E-state index in [9.17, 15) is 4.39 Å². The van der Waals surface area contributed by atoms with Crippen LogP contribution in [0.5, 0.6) is 5.75 Å². The molecule has 0 aliphatic carbocycles. The molecule has 100 valence electrons. The molecule has 0 N–H and O–H groups in total. The van der Waals surface area contributed by atoms with Gasteiger partial charge in [0.25, 0.3) is 0 Å². The molecule has 1 aliphatic rings. The number of hydrogen-bond donors (Lipinski definition) is 0. The summed E-state index contributed by atoms with van der Waals surface area (Å²) in [6.07, 6.45) is 3.55. The van der Waals surface area contributed by atoms with Crippen LogP contribution in [-0.2, 0) is 0 Å². The van der Waals surface area contributed by atoms with Crippen molar-refractivity contribution in [2.45, 2.75) is 32.1 Å². The Bertz CT molecular complexity index is 392. The summed E-state index contributed by atoms with van der Waals surface area (Å²) in [5.74, 6) is 0.549. The van der Waals surface area contributed by atoms with Crippen molar-refractivity contribution in [3.05, 3.63) is 29.6 Å². The quantitative estimate of drug-likeness (QED) is 0.813. The first-order valence-corrected chi connectivity index (χ1v) is 6.80. The topological polar surface area (TPSA) is 12.5 Å². The minimum absolute atomic E-state index is 0.248. The van der Waals surface area contributed by atoms with E-state index < -0.39 is 0 Å². The highest BCUT2D eigenvalue weighted by atomic mass is 19.1. The number of piperidine rings is 1. The predicted molar refractivity (Wildman–Crippen MR) is 71.7 cm³/mol. The Morgan fingerprint density at radius 2 is 2.28 bits per heavy atom. The van der Waals surface area contributed by atoms with E-state index >= 15 is 0 Å². The van der Waals surface area contributed by atoms with Crippen LogP contribution in [0.15, 0.2) is 18.2 Å². The fourth-order valence-corrected chi connectivity index (χ4v) is 2.78. The van der Waals surface area contributed by atoms with Crippen LogP contribution in [0.25, 0.3) is 0 Å². The number of halogens is 1. The number of ether oxygens (including phenoxy) is 1. The second-order valence-corrected chi connectivity index (χ2v) is 5.03. The number of hydrogen-bond acceptors (Lipinski definition) is 2. The average Bonchev–Trinajstić information content (AvgIpc) is 2.39. The fourth-order valence-electron chi connectivity index (χ4n) is 2.78. The van der Waals surface area contributed by atoms with E-state index in [4.69, 9.17) is 4.74 Å². The molecule has 1 heterocycles. The monoisotopic (exact) mass is 251 g/mol. The molecule has 2 nitrogen and oxygen atoms in total. The molecule has 1 unspecified atom stereocenters. The molecular formula is C15H22FNO. The third-order valence-electron chi connectivity index (χ3n) is 3.69. The van der Waals surface area contributed by atoms with Gasteiger partial charge in [-0.1, -0.05) is 13.0 Å². The lowest BCUT2D eigenvalue weighted by Gasteiger charge is -2.32. The second kappa shape index (κ2) is 6.19. The van der Waals surface area contributed by atoms with Gasteiger partial charge >= 0.3 is 0 Å². The third kappa shape index (κ3) is 3.02. The minimum atomic E-state index is -0.248. The number of nitrogens with zero attached hydrogens (tertiary/aromatic N) is 1. The first-order chi connectivity index (χ1) is 8.74. The highest BCUT2D eigenvalue weighted by Gasteiger charge is 2.21. The molecule has 0 saturated carbocycles. The van der Waals surface area contributed by atoms with Crippen LogP contribution >= 0.6 is 0 Å². The molecule has 1 aliphatic heterocycles.